The minimum atomic E-state index is -3.92. The molecule has 214 valence electrons. The number of para-hydroxylation sites is 2. The average molecular weight is 607 g/mol. The minimum absolute atomic E-state index is 0.00490. The first-order chi connectivity index (χ1) is 19.0. The fraction of sp³-hybridized carbons (Fsp3) is 0.310. The van der Waals surface area contributed by atoms with Crippen LogP contribution in [0.4, 0.5) is 5.69 Å². The summed E-state index contributed by atoms with van der Waals surface area (Å²) in [6.45, 7) is 3.69. The van der Waals surface area contributed by atoms with Crippen molar-refractivity contribution in [1.29, 1.82) is 0 Å². The number of ether oxygens (including phenoxy) is 1. The highest BCUT2D eigenvalue weighted by molar-refractivity contribution is 7.92. The maximum atomic E-state index is 14.1. The van der Waals surface area contributed by atoms with E-state index in [0.717, 1.165) is 16.1 Å². The number of nitrogens with zero attached hydrogens (tertiary/aromatic N) is 2. The van der Waals surface area contributed by atoms with Crippen molar-refractivity contribution in [2.45, 2.75) is 32.9 Å². The summed E-state index contributed by atoms with van der Waals surface area (Å²) in [4.78, 5) is 28.9. The Kier molecular flexibility index (Phi) is 11.2. The molecule has 3 aromatic carbocycles. The predicted octanol–water partition coefficient (Wildman–Crippen LogP) is 4.93. The molecule has 0 saturated carbocycles. The third-order valence-corrected chi connectivity index (χ3v) is 7.94. The van der Waals surface area contributed by atoms with E-state index in [0.29, 0.717) is 34.5 Å². The molecule has 0 fully saturated rings. The second-order valence-electron chi connectivity index (χ2n) is 9.04. The first-order valence-electron chi connectivity index (χ1n) is 12.8. The van der Waals surface area contributed by atoms with Crippen molar-refractivity contribution in [2.24, 2.45) is 0 Å². The Balaban J connectivity index is 2.08. The van der Waals surface area contributed by atoms with Gasteiger partial charge in [-0.3, -0.25) is 13.9 Å². The lowest BCUT2D eigenvalue weighted by Gasteiger charge is -2.33. The molecule has 3 rings (SSSR count). The van der Waals surface area contributed by atoms with E-state index < -0.39 is 28.5 Å². The number of rotatable bonds is 13. The maximum Gasteiger partial charge on any atom is 0.244 e. The molecule has 0 heterocycles. The van der Waals surface area contributed by atoms with E-state index in [-0.39, 0.29) is 24.6 Å². The van der Waals surface area contributed by atoms with Crippen LogP contribution in [0.25, 0.3) is 0 Å². The maximum absolute atomic E-state index is 14.1. The molecule has 0 bridgehead atoms. The second-order valence-corrected chi connectivity index (χ2v) is 11.8. The van der Waals surface area contributed by atoms with Crippen LogP contribution in [0, 0.1) is 0 Å². The summed E-state index contributed by atoms with van der Waals surface area (Å²) in [5.41, 5.74) is 1.70. The standard InChI is InChI=1S/C29H33Cl2N3O5S/c1-4-32-29(36)26(18-21-11-7-6-8-12-21)33(19-22-15-16-23(30)24(31)17-22)28(35)20-34(40(3,37)38)25-13-9-10-14-27(25)39-5-2/h6-17,26H,4-5,18-20H2,1-3H3,(H,32,36). The highest BCUT2D eigenvalue weighted by Gasteiger charge is 2.33. The van der Waals surface area contributed by atoms with Crippen molar-refractivity contribution < 1.29 is 22.7 Å². The van der Waals surface area contributed by atoms with Crippen molar-refractivity contribution in [3.63, 3.8) is 0 Å². The zero-order chi connectivity index (χ0) is 29.3. The molecule has 0 saturated heterocycles. The summed E-state index contributed by atoms with van der Waals surface area (Å²) in [5, 5.41) is 3.47. The van der Waals surface area contributed by atoms with Gasteiger partial charge in [-0.2, -0.15) is 0 Å². The third kappa shape index (κ3) is 8.36. The van der Waals surface area contributed by atoms with Crippen molar-refractivity contribution in [3.8, 4) is 5.75 Å². The Bertz CT molecular complexity index is 1420. The monoisotopic (exact) mass is 605 g/mol. The molecule has 0 aromatic heterocycles. The van der Waals surface area contributed by atoms with Gasteiger partial charge in [-0.25, -0.2) is 8.42 Å². The van der Waals surface area contributed by atoms with Crippen LogP contribution in [0.1, 0.15) is 25.0 Å². The van der Waals surface area contributed by atoms with Crippen molar-refractivity contribution in [2.75, 3.05) is 30.3 Å². The number of benzene rings is 3. The van der Waals surface area contributed by atoms with Crippen LogP contribution >= 0.6 is 23.2 Å². The first-order valence-corrected chi connectivity index (χ1v) is 15.4. The Morgan fingerprint density at radius 2 is 1.60 bits per heavy atom. The number of nitrogens with one attached hydrogen (secondary N) is 1. The topological polar surface area (TPSA) is 96.0 Å². The van der Waals surface area contributed by atoms with Crippen molar-refractivity contribution >= 4 is 50.7 Å². The highest BCUT2D eigenvalue weighted by Crippen LogP contribution is 2.30. The number of hydrogen-bond donors (Lipinski definition) is 1. The largest absolute Gasteiger partial charge is 0.492 e. The number of halogens is 2. The number of carbonyl (C=O) groups excluding carboxylic acids is 2. The molecule has 3 aromatic rings. The fourth-order valence-electron chi connectivity index (χ4n) is 4.22. The first kappa shape index (κ1) is 31.3. The van der Waals surface area contributed by atoms with Crippen molar-refractivity contribution in [1.82, 2.24) is 10.2 Å². The number of hydrogen-bond acceptors (Lipinski definition) is 5. The van der Waals surface area contributed by atoms with Gasteiger partial charge >= 0.3 is 0 Å². The smallest absolute Gasteiger partial charge is 0.244 e. The third-order valence-electron chi connectivity index (χ3n) is 6.07. The normalized spacial score (nSPS) is 11.9. The Labute approximate surface area is 245 Å². The van der Waals surface area contributed by atoms with Crippen molar-refractivity contribution in [3.05, 3.63) is 94.0 Å². The van der Waals surface area contributed by atoms with E-state index in [9.17, 15) is 18.0 Å². The van der Waals surface area contributed by atoms with E-state index in [4.69, 9.17) is 27.9 Å². The molecule has 1 N–H and O–H groups in total. The summed E-state index contributed by atoms with van der Waals surface area (Å²) in [6, 6.07) is 19.9. The summed E-state index contributed by atoms with van der Waals surface area (Å²) < 4.78 is 32.6. The molecule has 40 heavy (non-hydrogen) atoms. The Morgan fingerprint density at radius 1 is 0.925 bits per heavy atom. The SMILES string of the molecule is CCNC(=O)C(Cc1ccccc1)N(Cc1ccc(Cl)c(Cl)c1)C(=O)CN(c1ccccc1OCC)S(C)(=O)=O. The van der Waals surface area contributed by atoms with Gasteiger partial charge in [0.15, 0.2) is 0 Å². The molecule has 1 unspecified atom stereocenters. The number of likely N-dealkylation sites (N-methyl/N-ethyl adjacent to an activating group) is 1. The van der Waals surface area contributed by atoms with Crippen LogP contribution < -0.4 is 14.4 Å². The fourth-order valence-corrected chi connectivity index (χ4v) is 5.39. The molecular formula is C29H33Cl2N3O5S. The van der Waals surface area contributed by atoms with E-state index in [1.165, 1.54) is 4.90 Å². The molecule has 0 spiro atoms. The van der Waals surface area contributed by atoms with Gasteiger partial charge in [0.1, 0.15) is 18.3 Å². The highest BCUT2D eigenvalue weighted by atomic mass is 35.5. The van der Waals surface area contributed by atoms with Gasteiger partial charge in [-0.15, -0.1) is 0 Å². The molecule has 2 amide bonds. The summed E-state index contributed by atoms with van der Waals surface area (Å²) in [6.07, 6.45) is 1.24. The van der Waals surface area contributed by atoms with Gasteiger partial charge < -0.3 is 15.0 Å². The average Bonchev–Trinajstić information content (AvgIpc) is 2.92. The lowest BCUT2D eigenvalue weighted by molar-refractivity contribution is -0.140. The van der Waals surface area contributed by atoms with Crippen LogP contribution in [0.3, 0.4) is 0 Å². The van der Waals surface area contributed by atoms with E-state index >= 15 is 0 Å². The number of sulfonamides is 1. The summed E-state index contributed by atoms with van der Waals surface area (Å²) in [7, 11) is -3.92. The van der Waals surface area contributed by atoms with Gasteiger partial charge in [-0.05, 0) is 49.2 Å². The second kappa shape index (κ2) is 14.4. The summed E-state index contributed by atoms with van der Waals surface area (Å²) in [5.74, 6) is -0.612. The Morgan fingerprint density at radius 3 is 2.23 bits per heavy atom. The van der Waals surface area contributed by atoms with Gasteiger partial charge in [0.2, 0.25) is 21.8 Å². The van der Waals surface area contributed by atoms with E-state index in [1.807, 2.05) is 30.3 Å². The van der Waals surface area contributed by atoms with Gasteiger partial charge in [0.25, 0.3) is 0 Å². The van der Waals surface area contributed by atoms with E-state index in [1.54, 1.807) is 56.3 Å². The number of amides is 2. The van der Waals surface area contributed by atoms with Gasteiger partial charge in [0, 0.05) is 19.5 Å². The lowest BCUT2D eigenvalue weighted by atomic mass is 10.0. The molecule has 0 aliphatic heterocycles. The molecule has 1 atom stereocenters. The molecule has 0 aliphatic rings. The molecular weight excluding hydrogens is 573 g/mol. The minimum Gasteiger partial charge on any atom is -0.492 e. The van der Waals surface area contributed by atoms with Crippen LogP contribution in [-0.2, 0) is 32.6 Å². The predicted molar refractivity (Wildman–Crippen MR) is 159 cm³/mol. The lowest BCUT2D eigenvalue weighted by Crippen LogP contribution is -2.53. The zero-order valence-corrected chi connectivity index (χ0v) is 25.0. The zero-order valence-electron chi connectivity index (χ0n) is 22.6. The van der Waals surface area contributed by atoms with E-state index in [2.05, 4.69) is 5.32 Å². The van der Waals surface area contributed by atoms with Crippen LogP contribution in [-0.4, -0.2) is 57.1 Å². The quantitative estimate of drug-likeness (QED) is 0.298. The van der Waals surface area contributed by atoms with Crippen LogP contribution in [0.2, 0.25) is 10.0 Å². The van der Waals surface area contributed by atoms with Crippen LogP contribution in [0.15, 0.2) is 72.8 Å². The summed E-state index contributed by atoms with van der Waals surface area (Å²) >= 11 is 12.4. The van der Waals surface area contributed by atoms with Gasteiger partial charge in [-0.1, -0.05) is 71.7 Å². The molecule has 11 heteroatoms. The Hall–Kier alpha value is -3.27. The number of carbonyl (C=O) groups is 2. The van der Waals surface area contributed by atoms with Crippen LogP contribution in [0.5, 0.6) is 5.75 Å². The number of anilines is 1. The van der Waals surface area contributed by atoms with Gasteiger partial charge in [0.05, 0.1) is 28.6 Å². The molecule has 0 aliphatic carbocycles. The molecule has 8 nitrogen and oxygen atoms in total. The molecule has 0 radical (unpaired) electrons.